The van der Waals surface area contributed by atoms with Crippen LogP contribution in [-0.4, -0.2) is 40.0 Å². The van der Waals surface area contributed by atoms with Gasteiger partial charge in [0.1, 0.15) is 0 Å². The van der Waals surface area contributed by atoms with Crippen molar-refractivity contribution in [3.05, 3.63) is 0 Å². The fourth-order valence-electron chi connectivity index (χ4n) is 2.47. The third-order valence-electron chi connectivity index (χ3n) is 3.47. The minimum atomic E-state index is -0.933. The molecule has 6 nitrogen and oxygen atoms in total. The minimum absolute atomic E-state index is 0.0574. The number of nitrogens with one attached hydrogen (secondary N) is 1. The molecule has 2 unspecified atom stereocenters. The molecular weight excluding hydrogens is 248 g/mol. The maximum Gasteiger partial charge on any atom is 0.324 e. The number of hydrogen-bond acceptors (Lipinski definition) is 3. The molecule has 1 saturated heterocycles. The number of rotatable bonds is 4. The second kappa shape index (κ2) is 7.11. The number of amides is 3. The van der Waals surface area contributed by atoms with Gasteiger partial charge in [-0.15, -0.1) is 0 Å². The van der Waals surface area contributed by atoms with E-state index in [0.717, 1.165) is 19.3 Å². The molecule has 108 valence electrons. The summed E-state index contributed by atoms with van der Waals surface area (Å²) in [7, 11) is 0. The van der Waals surface area contributed by atoms with Crippen molar-refractivity contribution < 1.29 is 19.5 Å². The molecule has 1 heterocycles. The van der Waals surface area contributed by atoms with Crippen molar-refractivity contribution >= 4 is 17.9 Å². The number of imide groups is 1. The van der Waals surface area contributed by atoms with E-state index < -0.39 is 11.9 Å². The number of urea groups is 1. The molecule has 0 spiro atoms. The first-order valence-electron chi connectivity index (χ1n) is 6.75. The number of carbonyl (C=O) groups excluding carboxylic acids is 2. The van der Waals surface area contributed by atoms with Gasteiger partial charge in [-0.1, -0.05) is 0 Å². The number of nitrogens with zero attached hydrogens (tertiary/aromatic N) is 1. The lowest BCUT2D eigenvalue weighted by Crippen LogP contribution is -2.53. The topological polar surface area (TPSA) is 86.7 Å². The summed E-state index contributed by atoms with van der Waals surface area (Å²) in [5.41, 5.74) is 0. The van der Waals surface area contributed by atoms with E-state index in [-0.39, 0.29) is 37.4 Å². The van der Waals surface area contributed by atoms with Crippen LogP contribution in [0.5, 0.6) is 0 Å². The van der Waals surface area contributed by atoms with Gasteiger partial charge in [0.05, 0.1) is 0 Å². The molecule has 1 fully saturated rings. The van der Waals surface area contributed by atoms with Crippen molar-refractivity contribution in [2.75, 3.05) is 0 Å². The number of carboxylic acid groups (broad SMARTS) is 1. The van der Waals surface area contributed by atoms with Crippen LogP contribution in [0, 0.1) is 0 Å². The molecule has 0 radical (unpaired) electrons. The normalized spacial score (nSPS) is 22.9. The van der Waals surface area contributed by atoms with E-state index in [0.29, 0.717) is 0 Å². The molecule has 1 aliphatic heterocycles. The van der Waals surface area contributed by atoms with E-state index in [1.165, 1.54) is 0 Å². The smallest absolute Gasteiger partial charge is 0.324 e. The zero-order valence-electron chi connectivity index (χ0n) is 11.5. The maximum atomic E-state index is 12.0. The van der Waals surface area contributed by atoms with E-state index in [1.807, 2.05) is 13.8 Å². The van der Waals surface area contributed by atoms with Crippen LogP contribution >= 0.6 is 0 Å². The summed E-state index contributed by atoms with van der Waals surface area (Å²) in [4.78, 5) is 35.6. The van der Waals surface area contributed by atoms with Gasteiger partial charge in [-0.25, -0.2) is 4.79 Å². The van der Waals surface area contributed by atoms with E-state index in [1.54, 1.807) is 4.90 Å². The fourth-order valence-corrected chi connectivity index (χ4v) is 2.47. The molecule has 0 aliphatic carbocycles. The monoisotopic (exact) mass is 270 g/mol. The van der Waals surface area contributed by atoms with Crippen LogP contribution in [0.2, 0.25) is 0 Å². The Hall–Kier alpha value is -1.59. The van der Waals surface area contributed by atoms with Gasteiger partial charge in [0.2, 0.25) is 5.91 Å². The van der Waals surface area contributed by atoms with Crippen molar-refractivity contribution in [1.29, 1.82) is 0 Å². The Balaban J connectivity index is 2.40. The summed E-state index contributed by atoms with van der Waals surface area (Å²) in [6.07, 6.45) is 3.25. The van der Waals surface area contributed by atoms with Gasteiger partial charge in [0, 0.05) is 24.9 Å². The lowest BCUT2D eigenvalue weighted by Gasteiger charge is -2.38. The highest BCUT2D eigenvalue weighted by atomic mass is 16.4. The fraction of sp³-hybridized carbons (Fsp3) is 0.769. The van der Waals surface area contributed by atoms with E-state index in [2.05, 4.69) is 5.32 Å². The summed E-state index contributed by atoms with van der Waals surface area (Å²) in [6, 6.07) is -0.0915. The molecule has 0 aromatic rings. The number of hydrogen-bond donors (Lipinski definition) is 2. The van der Waals surface area contributed by atoms with Gasteiger partial charge >= 0.3 is 12.0 Å². The molecule has 2 N–H and O–H groups in total. The van der Waals surface area contributed by atoms with Gasteiger partial charge < -0.3 is 10.0 Å². The largest absolute Gasteiger partial charge is 0.481 e. The maximum absolute atomic E-state index is 12.0. The Kier molecular flexibility index (Phi) is 5.79. The number of carbonyl (C=O) groups is 3. The van der Waals surface area contributed by atoms with E-state index in [4.69, 9.17) is 5.11 Å². The van der Waals surface area contributed by atoms with E-state index >= 15 is 0 Å². The predicted octanol–water partition coefficient (Wildman–Crippen LogP) is 1.74. The van der Waals surface area contributed by atoms with Gasteiger partial charge in [-0.05, 0) is 39.5 Å². The molecule has 3 amide bonds. The summed E-state index contributed by atoms with van der Waals surface area (Å²) in [5.74, 6) is -1.34. The average Bonchev–Trinajstić information content (AvgIpc) is 2.27. The van der Waals surface area contributed by atoms with Crippen molar-refractivity contribution in [3.63, 3.8) is 0 Å². The lowest BCUT2D eigenvalue weighted by molar-refractivity contribution is -0.137. The Morgan fingerprint density at radius 1 is 1.16 bits per heavy atom. The quantitative estimate of drug-likeness (QED) is 0.814. The molecular formula is C13H22N2O4. The lowest BCUT2D eigenvalue weighted by atomic mass is 9.98. The number of carboxylic acids is 1. The molecule has 2 atom stereocenters. The first-order chi connectivity index (χ1) is 8.91. The molecule has 1 rings (SSSR count). The van der Waals surface area contributed by atoms with Crippen LogP contribution in [0.25, 0.3) is 0 Å². The molecule has 0 saturated carbocycles. The van der Waals surface area contributed by atoms with Gasteiger partial charge in [-0.2, -0.15) is 0 Å². The molecule has 0 bridgehead atoms. The second-order valence-electron chi connectivity index (χ2n) is 5.14. The second-order valence-corrected chi connectivity index (χ2v) is 5.14. The first-order valence-corrected chi connectivity index (χ1v) is 6.75. The third-order valence-corrected chi connectivity index (χ3v) is 3.47. The van der Waals surface area contributed by atoms with Crippen LogP contribution in [0.1, 0.15) is 52.4 Å². The Morgan fingerprint density at radius 2 is 1.74 bits per heavy atom. The van der Waals surface area contributed by atoms with Crippen molar-refractivity contribution in [2.24, 2.45) is 0 Å². The van der Waals surface area contributed by atoms with Crippen LogP contribution in [0.15, 0.2) is 0 Å². The highest BCUT2D eigenvalue weighted by molar-refractivity contribution is 5.94. The van der Waals surface area contributed by atoms with Crippen molar-refractivity contribution in [2.45, 2.75) is 64.5 Å². The van der Waals surface area contributed by atoms with Gasteiger partial charge in [0.15, 0.2) is 0 Å². The predicted molar refractivity (Wildman–Crippen MR) is 69.6 cm³/mol. The van der Waals surface area contributed by atoms with Crippen molar-refractivity contribution in [1.82, 2.24) is 10.2 Å². The highest BCUT2D eigenvalue weighted by Crippen LogP contribution is 2.22. The Bertz CT molecular complexity index is 347. The molecule has 6 heteroatoms. The number of piperidine rings is 1. The van der Waals surface area contributed by atoms with Crippen LogP contribution in [0.3, 0.4) is 0 Å². The minimum Gasteiger partial charge on any atom is -0.481 e. The molecule has 0 aromatic carbocycles. The summed E-state index contributed by atoms with van der Waals surface area (Å²) in [6.45, 7) is 3.95. The third kappa shape index (κ3) is 4.89. The SMILES string of the molecule is CC1CCCC(C)N1C(=O)NC(=O)CCCC(=O)O. The number of aliphatic carboxylic acids is 1. The van der Waals surface area contributed by atoms with E-state index in [9.17, 15) is 14.4 Å². The zero-order valence-corrected chi connectivity index (χ0v) is 11.5. The van der Waals surface area contributed by atoms with Crippen molar-refractivity contribution in [3.8, 4) is 0 Å². The Labute approximate surface area is 113 Å². The summed E-state index contributed by atoms with van der Waals surface area (Å²) < 4.78 is 0. The first kappa shape index (κ1) is 15.5. The molecule has 19 heavy (non-hydrogen) atoms. The van der Waals surface area contributed by atoms with Crippen LogP contribution < -0.4 is 5.32 Å². The zero-order chi connectivity index (χ0) is 14.4. The average molecular weight is 270 g/mol. The highest BCUT2D eigenvalue weighted by Gasteiger charge is 2.29. The van der Waals surface area contributed by atoms with Crippen LogP contribution in [0.4, 0.5) is 4.79 Å². The van der Waals surface area contributed by atoms with Gasteiger partial charge in [0.25, 0.3) is 0 Å². The summed E-state index contributed by atoms with van der Waals surface area (Å²) >= 11 is 0. The Morgan fingerprint density at radius 3 is 2.26 bits per heavy atom. The molecule has 0 aromatic heterocycles. The van der Waals surface area contributed by atoms with Crippen LogP contribution in [-0.2, 0) is 9.59 Å². The number of likely N-dealkylation sites (tertiary alicyclic amines) is 1. The standard InChI is InChI=1S/C13H22N2O4/c1-9-5-3-6-10(2)15(9)13(19)14-11(16)7-4-8-12(17)18/h9-10H,3-8H2,1-2H3,(H,17,18)(H,14,16,19). The summed E-state index contributed by atoms with van der Waals surface area (Å²) in [5, 5.41) is 10.8. The molecule has 1 aliphatic rings. The van der Waals surface area contributed by atoms with Gasteiger partial charge in [-0.3, -0.25) is 14.9 Å².